The van der Waals surface area contributed by atoms with E-state index in [1.54, 1.807) is 0 Å². The minimum Gasteiger partial charge on any atom is -0.441 e. The number of fused-ring (bicyclic) bond motifs is 2. The number of benzene rings is 2. The summed E-state index contributed by atoms with van der Waals surface area (Å²) in [7, 11) is 0. The molecule has 9 amide bonds. The number of hydrogen-bond acceptors (Lipinski definition) is 15. The summed E-state index contributed by atoms with van der Waals surface area (Å²) < 4.78 is 23.1. The highest BCUT2D eigenvalue weighted by molar-refractivity contribution is 6.14. The smallest absolute Gasteiger partial charge is 0.407 e. The number of rotatable bonds is 30. The number of hydrogen-bond donors (Lipinski definition) is 5. The number of ether oxygens (including phenoxy) is 4. The van der Waals surface area contributed by atoms with E-state index in [9.17, 15) is 43.2 Å². The number of amides is 9. The molecule has 1 atom stereocenters. The first-order valence-electron chi connectivity index (χ1n) is 25.5. The number of carbonyl (C=O) groups is 9. The second-order valence-electron chi connectivity index (χ2n) is 16.8. The molecule has 2 aromatic rings. The van der Waals surface area contributed by atoms with Crippen LogP contribution in [-0.4, -0.2) is 160 Å². The van der Waals surface area contributed by atoms with E-state index in [1.165, 1.54) is 12.2 Å². The summed E-state index contributed by atoms with van der Waals surface area (Å²) in [6.07, 6.45) is 6.17. The normalized spacial score (nSPS) is 15.1. The lowest BCUT2D eigenvalue weighted by Gasteiger charge is -2.37. The summed E-state index contributed by atoms with van der Waals surface area (Å²) in [5, 5.41) is 14.8. The quantitative estimate of drug-likeness (QED) is 0.0326. The number of imide groups is 3. The fourth-order valence-electron chi connectivity index (χ4n) is 7.80. The monoisotopic (exact) mass is 1050 g/mol. The van der Waals surface area contributed by atoms with Gasteiger partial charge in [0.05, 0.1) is 45.2 Å². The average Bonchev–Trinajstić information content (AvgIpc) is 4.08. The lowest BCUT2D eigenvalue weighted by Crippen LogP contribution is -2.54. The van der Waals surface area contributed by atoms with Gasteiger partial charge in [-0.1, -0.05) is 82.5 Å². The topological polar surface area (TPSA) is 260 Å². The van der Waals surface area contributed by atoms with Crippen molar-refractivity contribution in [2.75, 3.05) is 92.1 Å². The molecule has 21 nitrogen and oxygen atoms in total. The van der Waals surface area contributed by atoms with Crippen LogP contribution in [0.2, 0.25) is 0 Å². The summed E-state index contributed by atoms with van der Waals surface area (Å²) in [4.78, 5) is 115. The van der Waals surface area contributed by atoms with Gasteiger partial charge in [0.1, 0.15) is 6.10 Å². The van der Waals surface area contributed by atoms with Crippen LogP contribution in [0.1, 0.15) is 78.2 Å². The Morgan fingerprint density at radius 2 is 1.07 bits per heavy atom. The number of alkyl carbamates (subject to hydrolysis) is 1. The van der Waals surface area contributed by atoms with Gasteiger partial charge in [-0.2, -0.15) is 0 Å². The molecule has 0 radical (unpaired) electrons. The Labute approximate surface area is 446 Å². The third kappa shape index (κ3) is 18.9. The molecular formula is C55H74N8O13. The molecule has 21 heteroatoms. The molecule has 0 fully saturated rings. The molecule has 3 aliphatic heterocycles. The highest BCUT2D eigenvalue weighted by Gasteiger charge is 2.35. The Morgan fingerprint density at radius 1 is 0.592 bits per heavy atom. The molecule has 3 heterocycles. The summed E-state index contributed by atoms with van der Waals surface area (Å²) in [5.41, 5.74) is 2.68. The van der Waals surface area contributed by atoms with E-state index in [2.05, 4.69) is 45.0 Å². The van der Waals surface area contributed by atoms with Gasteiger partial charge in [0, 0.05) is 133 Å². The molecule has 5 N–H and O–H groups in total. The third-order valence-electron chi connectivity index (χ3n) is 11.8. The molecule has 0 aromatic heterocycles. The van der Waals surface area contributed by atoms with Crippen molar-refractivity contribution in [3.05, 3.63) is 120 Å². The molecule has 0 saturated heterocycles. The van der Waals surface area contributed by atoms with E-state index in [4.69, 9.17) is 18.9 Å². The predicted octanol–water partition coefficient (Wildman–Crippen LogP) is 2.82. The van der Waals surface area contributed by atoms with Gasteiger partial charge in [-0.25, -0.2) is 4.79 Å². The van der Waals surface area contributed by atoms with Crippen molar-refractivity contribution in [2.24, 2.45) is 5.41 Å². The van der Waals surface area contributed by atoms with Gasteiger partial charge >= 0.3 is 6.09 Å². The molecule has 412 valence electrons. The average molecular weight is 1060 g/mol. The van der Waals surface area contributed by atoms with Gasteiger partial charge in [-0.15, -0.1) is 0 Å². The van der Waals surface area contributed by atoms with Gasteiger partial charge in [0.2, 0.25) is 11.8 Å². The van der Waals surface area contributed by atoms with Crippen molar-refractivity contribution < 1.29 is 65.0 Å². The molecule has 4 aliphatic rings. The Bertz CT molecular complexity index is 2450. The van der Waals surface area contributed by atoms with Crippen molar-refractivity contribution in [1.82, 2.24) is 41.3 Å². The second kappa shape index (κ2) is 32.5. The van der Waals surface area contributed by atoms with Crippen LogP contribution in [0, 0.1) is 17.3 Å². The van der Waals surface area contributed by atoms with E-state index in [0.29, 0.717) is 18.5 Å². The van der Waals surface area contributed by atoms with Crippen molar-refractivity contribution in [1.29, 1.82) is 0 Å². The van der Waals surface area contributed by atoms with Crippen molar-refractivity contribution in [3.8, 4) is 11.8 Å². The highest BCUT2D eigenvalue weighted by atomic mass is 16.6. The first kappa shape index (κ1) is 60.8. The minimum absolute atomic E-state index is 0. The maximum absolute atomic E-state index is 13.2. The molecule has 2 aromatic carbocycles. The van der Waals surface area contributed by atoms with Gasteiger partial charge < -0.3 is 40.2 Å². The van der Waals surface area contributed by atoms with Crippen LogP contribution in [0.25, 0.3) is 0 Å². The molecule has 0 spiro atoms. The summed E-state index contributed by atoms with van der Waals surface area (Å²) >= 11 is 0. The van der Waals surface area contributed by atoms with Crippen LogP contribution in [0.3, 0.4) is 0 Å². The summed E-state index contributed by atoms with van der Waals surface area (Å²) in [5.74, 6) is 2.48. The van der Waals surface area contributed by atoms with Crippen LogP contribution < -0.4 is 26.6 Å². The largest absolute Gasteiger partial charge is 0.441 e. The van der Waals surface area contributed by atoms with E-state index < -0.39 is 64.9 Å². The van der Waals surface area contributed by atoms with Gasteiger partial charge in [-0.3, -0.25) is 58.4 Å². The van der Waals surface area contributed by atoms with E-state index >= 15 is 0 Å². The molecule has 76 heavy (non-hydrogen) atoms. The highest BCUT2D eigenvalue weighted by Crippen LogP contribution is 2.29. The van der Waals surface area contributed by atoms with Gasteiger partial charge in [-0.05, 0) is 24.1 Å². The lowest BCUT2D eigenvalue weighted by atomic mass is 9.83. The zero-order valence-electron chi connectivity index (χ0n) is 43.7. The van der Waals surface area contributed by atoms with Crippen LogP contribution in [0.15, 0.2) is 97.3 Å². The van der Waals surface area contributed by atoms with Crippen molar-refractivity contribution >= 4 is 53.4 Å². The molecule has 1 aliphatic carbocycles. The van der Waals surface area contributed by atoms with Crippen molar-refractivity contribution in [3.63, 3.8) is 0 Å². The Morgan fingerprint density at radius 3 is 1.62 bits per heavy atom. The molecule has 0 saturated carbocycles. The molecule has 0 bridgehead atoms. The zero-order valence-corrected chi connectivity index (χ0v) is 43.7. The van der Waals surface area contributed by atoms with Crippen LogP contribution >= 0.6 is 0 Å². The van der Waals surface area contributed by atoms with Crippen LogP contribution in [0.4, 0.5) is 4.79 Å². The number of nitrogens with one attached hydrogen (secondary N) is 5. The summed E-state index contributed by atoms with van der Waals surface area (Å²) in [6.45, 7) is 13.3. The lowest BCUT2D eigenvalue weighted by molar-refractivity contribution is -0.139. The van der Waals surface area contributed by atoms with E-state index in [-0.39, 0.29) is 108 Å². The minimum atomic E-state index is -1.18. The zero-order chi connectivity index (χ0) is 55.3. The maximum atomic E-state index is 13.2. The fraction of sp³-hybridized carbons (Fsp3) is 0.436. The van der Waals surface area contributed by atoms with Crippen LogP contribution in [-0.2, 0) is 63.7 Å². The number of nitrogens with zero attached hydrogens (tertiary/aromatic N) is 3. The number of carbonyl (C=O) groups excluding carboxylic acids is 9. The molecule has 1 unspecified atom stereocenters. The van der Waals surface area contributed by atoms with Gasteiger partial charge in [0.15, 0.2) is 0 Å². The Balaban J connectivity index is 0.00000339. The van der Waals surface area contributed by atoms with E-state index in [0.717, 1.165) is 61.3 Å². The Hall–Kier alpha value is -7.77. The second-order valence-corrected chi connectivity index (χ2v) is 16.8. The molecular weight excluding hydrogens is 981 g/mol. The van der Waals surface area contributed by atoms with Gasteiger partial charge in [0.25, 0.3) is 35.4 Å². The van der Waals surface area contributed by atoms with Crippen LogP contribution in [0.5, 0.6) is 0 Å². The first-order chi connectivity index (χ1) is 36.8. The third-order valence-corrected chi connectivity index (χ3v) is 11.8. The first-order valence-corrected chi connectivity index (χ1v) is 25.5. The summed E-state index contributed by atoms with van der Waals surface area (Å²) in [6, 6.07) is 15.4. The molecule has 6 rings (SSSR count). The fourth-order valence-corrected chi connectivity index (χ4v) is 7.80. The standard InChI is InChI=1S/C51H58N8O13.2C2H6.2H2/c1-36(53-21-27-69-29-30-70-28-22-54-50(68)72-41-31-39-9-3-2-7-37(39)11-12-38-8-4-5-10-40(38)41)51(33-55-42(60)19-24-58-46(64)15-16-47(58)65,34-56-43(61)20-25-59-48(66)17-18-49(59)67)32-52-35-71-26-6-23-57-44(62)13-14-45(57)63;2*1-2;;/h2-5,7-10,13-18,41,52-53H,1,6,19-35H2,(H,54,68)(H,55,60)(H,56,61);2*1-2H3;2*1H. The maximum Gasteiger partial charge on any atom is 0.407 e. The predicted molar refractivity (Wildman–Crippen MR) is 284 cm³/mol. The van der Waals surface area contributed by atoms with Crippen molar-refractivity contribution in [2.45, 2.75) is 59.5 Å². The SMILES string of the molecule is C=C(NCCOCCOCCNC(=O)OC1Cc2ccccc2C#Cc2ccccc21)C(CNCOCCCN1C(=O)C=CC1=O)(CNC(=O)CCN1C(=O)C=CC1=O)CNC(=O)CCN1C(=O)C=CC1=O.CC.CC.[HH].[HH]. The Kier molecular flexibility index (Phi) is 26.0. The van der Waals surface area contributed by atoms with E-state index in [1.807, 2.05) is 76.2 Å².